The van der Waals surface area contributed by atoms with Crippen LogP contribution in [0.15, 0.2) is 64.5 Å². The molecule has 1 heterocycles. The molecule has 3 N–H and O–H groups in total. The van der Waals surface area contributed by atoms with Gasteiger partial charge in [0.05, 0.1) is 0 Å². The summed E-state index contributed by atoms with van der Waals surface area (Å²) in [5, 5.41) is 8.62. The summed E-state index contributed by atoms with van der Waals surface area (Å²) in [6.07, 6.45) is 0. The first kappa shape index (κ1) is 14.3. The molecule has 0 fully saturated rings. The number of aromatic nitrogens is 3. The molecule has 6 heteroatoms. The number of nitrogens with two attached hydrogens (primary N) is 1. The SMILES string of the molecule is Nc1ccc(CSc2nnc(-c3ccccc3)c(=O)[nH]2)cc1. The molecule has 110 valence electrons. The van der Waals surface area contributed by atoms with Gasteiger partial charge in [0, 0.05) is 17.0 Å². The van der Waals surface area contributed by atoms with Crippen molar-refractivity contribution in [1.29, 1.82) is 0 Å². The van der Waals surface area contributed by atoms with Crippen molar-refractivity contribution < 1.29 is 0 Å². The van der Waals surface area contributed by atoms with E-state index in [9.17, 15) is 4.79 Å². The van der Waals surface area contributed by atoms with E-state index in [-0.39, 0.29) is 5.56 Å². The Kier molecular flexibility index (Phi) is 4.20. The van der Waals surface area contributed by atoms with E-state index in [4.69, 9.17) is 5.73 Å². The van der Waals surface area contributed by atoms with E-state index < -0.39 is 0 Å². The normalized spacial score (nSPS) is 10.5. The summed E-state index contributed by atoms with van der Waals surface area (Å²) in [5.41, 5.74) is 8.34. The van der Waals surface area contributed by atoms with Gasteiger partial charge in [0.1, 0.15) is 0 Å². The molecule has 0 amide bonds. The van der Waals surface area contributed by atoms with Crippen LogP contribution in [0.1, 0.15) is 5.56 Å². The molecule has 5 nitrogen and oxygen atoms in total. The van der Waals surface area contributed by atoms with Gasteiger partial charge in [-0.3, -0.25) is 9.78 Å². The number of anilines is 1. The minimum absolute atomic E-state index is 0.235. The summed E-state index contributed by atoms with van der Waals surface area (Å²) in [6.45, 7) is 0. The summed E-state index contributed by atoms with van der Waals surface area (Å²) < 4.78 is 0. The Morgan fingerprint density at radius 3 is 2.41 bits per heavy atom. The number of rotatable bonds is 4. The number of H-pyrrole nitrogens is 1. The van der Waals surface area contributed by atoms with Crippen molar-refractivity contribution in [3.05, 3.63) is 70.5 Å². The highest BCUT2D eigenvalue weighted by Crippen LogP contribution is 2.19. The van der Waals surface area contributed by atoms with Gasteiger partial charge in [0.15, 0.2) is 10.9 Å². The molecular formula is C16H14N4OS. The van der Waals surface area contributed by atoms with E-state index in [1.165, 1.54) is 11.8 Å². The van der Waals surface area contributed by atoms with Crippen LogP contribution in [0.3, 0.4) is 0 Å². The third kappa shape index (κ3) is 3.35. The van der Waals surface area contributed by atoms with E-state index >= 15 is 0 Å². The second kappa shape index (κ2) is 6.44. The average molecular weight is 310 g/mol. The molecule has 3 rings (SSSR count). The van der Waals surface area contributed by atoms with E-state index in [2.05, 4.69) is 15.2 Å². The van der Waals surface area contributed by atoms with Crippen molar-refractivity contribution in [1.82, 2.24) is 15.2 Å². The fourth-order valence-corrected chi connectivity index (χ4v) is 2.70. The lowest BCUT2D eigenvalue weighted by molar-refractivity contribution is 0.824. The van der Waals surface area contributed by atoms with Gasteiger partial charge in [-0.15, -0.1) is 10.2 Å². The van der Waals surface area contributed by atoms with Crippen LogP contribution in [0, 0.1) is 0 Å². The minimum atomic E-state index is -0.235. The third-order valence-electron chi connectivity index (χ3n) is 3.08. The number of benzene rings is 2. The number of nitrogens with zero attached hydrogens (tertiary/aromatic N) is 2. The van der Waals surface area contributed by atoms with Gasteiger partial charge >= 0.3 is 0 Å². The van der Waals surface area contributed by atoms with Gasteiger partial charge < -0.3 is 5.73 Å². The van der Waals surface area contributed by atoms with Gasteiger partial charge in [0.2, 0.25) is 0 Å². The highest BCUT2D eigenvalue weighted by Gasteiger charge is 2.07. The van der Waals surface area contributed by atoms with Crippen LogP contribution in [0.4, 0.5) is 5.69 Å². The molecule has 0 unspecified atom stereocenters. The predicted octanol–water partition coefficient (Wildman–Crippen LogP) is 2.71. The van der Waals surface area contributed by atoms with Crippen LogP contribution in [0.5, 0.6) is 0 Å². The first-order valence-corrected chi connectivity index (χ1v) is 7.70. The molecule has 0 aliphatic rings. The number of nitrogen functional groups attached to an aromatic ring is 1. The largest absolute Gasteiger partial charge is 0.399 e. The van der Waals surface area contributed by atoms with E-state index in [0.29, 0.717) is 16.6 Å². The van der Waals surface area contributed by atoms with E-state index in [0.717, 1.165) is 16.8 Å². The molecule has 22 heavy (non-hydrogen) atoms. The molecule has 0 aliphatic heterocycles. The fraction of sp³-hybridized carbons (Fsp3) is 0.0625. The number of hydrogen-bond donors (Lipinski definition) is 2. The summed E-state index contributed by atoms with van der Waals surface area (Å²) in [6, 6.07) is 16.9. The Bertz CT molecular complexity index is 816. The van der Waals surface area contributed by atoms with Crippen LogP contribution in [-0.4, -0.2) is 15.2 Å². The Balaban J connectivity index is 1.75. The summed E-state index contributed by atoms with van der Waals surface area (Å²) in [7, 11) is 0. The molecule has 0 saturated heterocycles. The maximum atomic E-state index is 12.1. The Morgan fingerprint density at radius 1 is 1.00 bits per heavy atom. The van der Waals surface area contributed by atoms with Crippen LogP contribution in [0.2, 0.25) is 0 Å². The van der Waals surface area contributed by atoms with Gasteiger partial charge in [-0.2, -0.15) is 0 Å². The molecule has 3 aromatic rings. The molecule has 0 aliphatic carbocycles. The zero-order chi connectivity index (χ0) is 15.4. The smallest absolute Gasteiger partial charge is 0.278 e. The lowest BCUT2D eigenvalue weighted by Gasteiger charge is -2.03. The molecule has 0 radical (unpaired) electrons. The highest BCUT2D eigenvalue weighted by atomic mass is 32.2. The number of nitrogens with one attached hydrogen (secondary N) is 1. The summed E-state index contributed by atoms with van der Waals surface area (Å²) in [5.74, 6) is 0.690. The Hall–Kier alpha value is -2.60. The van der Waals surface area contributed by atoms with Gasteiger partial charge in [-0.1, -0.05) is 54.2 Å². The number of hydrogen-bond acceptors (Lipinski definition) is 5. The van der Waals surface area contributed by atoms with Crippen molar-refractivity contribution >= 4 is 17.4 Å². The minimum Gasteiger partial charge on any atom is -0.399 e. The van der Waals surface area contributed by atoms with Crippen LogP contribution in [0.25, 0.3) is 11.3 Å². The zero-order valence-electron chi connectivity index (χ0n) is 11.7. The second-order valence-electron chi connectivity index (χ2n) is 4.70. The topological polar surface area (TPSA) is 84.7 Å². The van der Waals surface area contributed by atoms with Gasteiger partial charge in [-0.25, -0.2) is 0 Å². The third-order valence-corrected chi connectivity index (χ3v) is 4.01. The zero-order valence-corrected chi connectivity index (χ0v) is 12.5. The second-order valence-corrected chi connectivity index (χ2v) is 5.67. The van der Waals surface area contributed by atoms with E-state index in [1.54, 1.807) is 0 Å². The quantitative estimate of drug-likeness (QED) is 0.572. The Labute approximate surface area is 131 Å². The molecule has 0 spiro atoms. The van der Waals surface area contributed by atoms with Crippen LogP contribution in [-0.2, 0) is 5.75 Å². The molecule has 0 atom stereocenters. The average Bonchev–Trinajstić information content (AvgIpc) is 2.55. The van der Waals surface area contributed by atoms with Crippen molar-refractivity contribution in [2.45, 2.75) is 10.9 Å². The number of thioether (sulfide) groups is 1. The maximum absolute atomic E-state index is 12.1. The van der Waals surface area contributed by atoms with Crippen molar-refractivity contribution in [2.24, 2.45) is 0 Å². The summed E-state index contributed by atoms with van der Waals surface area (Å²) >= 11 is 1.43. The standard InChI is InChI=1S/C16H14N4OS/c17-13-8-6-11(7-9-13)10-22-16-18-15(21)14(19-20-16)12-4-2-1-3-5-12/h1-9H,10,17H2,(H,18,20,21). The lowest BCUT2D eigenvalue weighted by atomic mass is 10.2. The van der Waals surface area contributed by atoms with Gasteiger partial charge in [-0.05, 0) is 17.7 Å². The molecular weight excluding hydrogens is 296 g/mol. The van der Waals surface area contributed by atoms with Gasteiger partial charge in [0.25, 0.3) is 5.56 Å². The van der Waals surface area contributed by atoms with Crippen molar-refractivity contribution in [3.8, 4) is 11.3 Å². The van der Waals surface area contributed by atoms with Crippen molar-refractivity contribution in [3.63, 3.8) is 0 Å². The van der Waals surface area contributed by atoms with Crippen LogP contribution < -0.4 is 11.3 Å². The predicted molar refractivity (Wildman–Crippen MR) is 88.5 cm³/mol. The first-order chi connectivity index (χ1) is 10.7. The molecule has 0 bridgehead atoms. The van der Waals surface area contributed by atoms with Crippen molar-refractivity contribution in [2.75, 3.05) is 5.73 Å². The first-order valence-electron chi connectivity index (χ1n) is 6.72. The Morgan fingerprint density at radius 2 is 1.73 bits per heavy atom. The fourth-order valence-electron chi connectivity index (χ4n) is 1.94. The lowest BCUT2D eigenvalue weighted by Crippen LogP contribution is -2.14. The van der Waals surface area contributed by atoms with E-state index in [1.807, 2.05) is 54.6 Å². The summed E-state index contributed by atoms with van der Waals surface area (Å²) in [4.78, 5) is 14.9. The molecule has 2 aromatic carbocycles. The molecule has 1 aromatic heterocycles. The van der Waals surface area contributed by atoms with Crippen LogP contribution >= 0.6 is 11.8 Å². The number of aromatic amines is 1. The maximum Gasteiger partial charge on any atom is 0.278 e. The molecule has 0 saturated carbocycles. The highest BCUT2D eigenvalue weighted by molar-refractivity contribution is 7.98. The monoisotopic (exact) mass is 310 g/mol.